The van der Waals surface area contributed by atoms with E-state index < -0.39 is 0 Å². The number of benzene rings is 3. The van der Waals surface area contributed by atoms with Crippen LogP contribution in [0.2, 0.25) is 0 Å². The van der Waals surface area contributed by atoms with Crippen molar-refractivity contribution >= 4 is 16.6 Å². The molecule has 1 N–H and O–H groups in total. The Labute approximate surface area is 219 Å². The first-order valence-corrected chi connectivity index (χ1v) is 13.5. The minimum Gasteiger partial charge on any atom is -0.476 e. The summed E-state index contributed by atoms with van der Waals surface area (Å²) in [5.74, 6) is 0.675. The molecule has 1 fully saturated rings. The Morgan fingerprint density at radius 2 is 1.54 bits per heavy atom. The standard InChI is InChI=1S/C32H35N3O2/c1-23-8-6-11-26-22-29(32(33-30(23)26)37-21-7-20-36)34-16-18-35(19-17-34)31-27-12-4-2-9-24(27)14-15-25-10-3-5-13-28(25)31/h2-6,8-13,22,31,36H,7,14-21H2,1H3. The van der Waals surface area contributed by atoms with Crippen molar-refractivity contribution in [2.75, 3.05) is 44.3 Å². The smallest absolute Gasteiger partial charge is 0.238 e. The van der Waals surface area contributed by atoms with E-state index in [1.54, 1.807) is 0 Å². The normalized spacial score (nSPS) is 16.3. The lowest BCUT2D eigenvalue weighted by Crippen LogP contribution is -2.48. The third-order valence-electron chi connectivity index (χ3n) is 7.92. The van der Waals surface area contributed by atoms with Gasteiger partial charge in [0, 0.05) is 44.6 Å². The van der Waals surface area contributed by atoms with Gasteiger partial charge in [-0.15, -0.1) is 0 Å². The van der Waals surface area contributed by atoms with Crippen LogP contribution in [0.5, 0.6) is 5.88 Å². The first-order valence-electron chi connectivity index (χ1n) is 13.5. The Bertz CT molecular complexity index is 1350. The number of hydrogen-bond acceptors (Lipinski definition) is 5. The molecule has 190 valence electrons. The molecule has 2 aliphatic rings. The maximum atomic E-state index is 9.27. The summed E-state index contributed by atoms with van der Waals surface area (Å²) >= 11 is 0. The van der Waals surface area contributed by atoms with E-state index in [-0.39, 0.29) is 12.6 Å². The summed E-state index contributed by atoms with van der Waals surface area (Å²) in [6.07, 6.45) is 2.79. The highest BCUT2D eigenvalue weighted by Crippen LogP contribution is 2.38. The summed E-state index contributed by atoms with van der Waals surface area (Å²) in [7, 11) is 0. The first kappa shape index (κ1) is 24.0. The Balaban J connectivity index is 1.30. The summed E-state index contributed by atoms with van der Waals surface area (Å²) < 4.78 is 6.12. The molecule has 0 atom stereocenters. The van der Waals surface area contributed by atoms with E-state index in [0.29, 0.717) is 18.9 Å². The molecule has 0 spiro atoms. The lowest BCUT2D eigenvalue weighted by atomic mass is 9.92. The van der Waals surface area contributed by atoms with Crippen LogP contribution in [0.4, 0.5) is 5.69 Å². The van der Waals surface area contributed by atoms with Gasteiger partial charge in [0.1, 0.15) is 5.69 Å². The maximum Gasteiger partial charge on any atom is 0.238 e. The van der Waals surface area contributed by atoms with Crippen LogP contribution in [0.15, 0.2) is 72.8 Å². The Kier molecular flexibility index (Phi) is 6.81. The number of para-hydroxylation sites is 1. The van der Waals surface area contributed by atoms with Gasteiger partial charge in [0.05, 0.1) is 18.2 Å². The number of pyridine rings is 1. The molecule has 5 nitrogen and oxygen atoms in total. The molecule has 3 aromatic carbocycles. The zero-order valence-electron chi connectivity index (χ0n) is 21.6. The lowest BCUT2D eigenvalue weighted by Gasteiger charge is -2.41. The molecular formula is C32H35N3O2. The minimum absolute atomic E-state index is 0.116. The number of anilines is 1. The van der Waals surface area contributed by atoms with E-state index in [2.05, 4.69) is 89.5 Å². The number of nitrogens with zero attached hydrogens (tertiary/aromatic N) is 3. The van der Waals surface area contributed by atoms with Gasteiger partial charge in [-0.05, 0) is 53.6 Å². The average Bonchev–Trinajstić information content (AvgIpc) is 3.10. The van der Waals surface area contributed by atoms with Crippen molar-refractivity contribution in [2.45, 2.75) is 32.2 Å². The number of aliphatic hydroxyl groups is 1. The molecule has 0 saturated carbocycles. The second kappa shape index (κ2) is 10.5. The third kappa shape index (κ3) is 4.70. The van der Waals surface area contributed by atoms with Crippen molar-refractivity contribution in [3.05, 3.63) is 101 Å². The molecule has 1 aliphatic heterocycles. The average molecular weight is 494 g/mol. The number of piperazine rings is 1. The van der Waals surface area contributed by atoms with Gasteiger partial charge in [0.15, 0.2) is 0 Å². The highest BCUT2D eigenvalue weighted by atomic mass is 16.5. The van der Waals surface area contributed by atoms with Crippen molar-refractivity contribution in [2.24, 2.45) is 0 Å². The van der Waals surface area contributed by atoms with Crippen LogP contribution in [0.3, 0.4) is 0 Å². The van der Waals surface area contributed by atoms with Crippen LogP contribution in [0, 0.1) is 6.92 Å². The molecule has 4 aromatic rings. The van der Waals surface area contributed by atoms with Gasteiger partial charge in [0.25, 0.3) is 0 Å². The van der Waals surface area contributed by atoms with E-state index in [1.165, 1.54) is 22.3 Å². The molecule has 1 aliphatic carbocycles. The molecule has 0 unspecified atom stereocenters. The van der Waals surface area contributed by atoms with Gasteiger partial charge < -0.3 is 14.7 Å². The SMILES string of the molecule is Cc1cccc2cc(N3CCN(C4c5ccccc5CCc5ccccc54)CC3)c(OCCCO)nc12. The summed E-state index contributed by atoms with van der Waals surface area (Å²) in [6.45, 7) is 6.43. The largest absolute Gasteiger partial charge is 0.476 e. The number of aromatic nitrogens is 1. The van der Waals surface area contributed by atoms with E-state index in [0.717, 1.165) is 61.2 Å². The van der Waals surface area contributed by atoms with E-state index in [9.17, 15) is 5.11 Å². The molecule has 1 saturated heterocycles. The summed E-state index contributed by atoms with van der Waals surface area (Å²) in [5.41, 5.74) is 9.03. The molecule has 5 heteroatoms. The summed E-state index contributed by atoms with van der Waals surface area (Å²) in [5, 5.41) is 10.4. The van der Waals surface area contributed by atoms with Gasteiger partial charge in [-0.1, -0.05) is 66.7 Å². The predicted molar refractivity (Wildman–Crippen MR) is 150 cm³/mol. The topological polar surface area (TPSA) is 48.8 Å². The second-order valence-corrected chi connectivity index (χ2v) is 10.2. The highest BCUT2D eigenvalue weighted by Gasteiger charge is 2.31. The Morgan fingerprint density at radius 1 is 0.865 bits per heavy atom. The van der Waals surface area contributed by atoms with Crippen LogP contribution >= 0.6 is 0 Å². The van der Waals surface area contributed by atoms with Gasteiger partial charge in [-0.25, -0.2) is 4.98 Å². The third-order valence-corrected chi connectivity index (χ3v) is 7.92. The molecule has 0 radical (unpaired) electrons. The van der Waals surface area contributed by atoms with Crippen molar-refractivity contribution < 1.29 is 9.84 Å². The van der Waals surface area contributed by atoms with Crippen molar-refractivity contribution in [3.63, 3.8) is 0 Å². The number of aliphatic hydroxyl groups excluding tert-OH is 1. The fourth-order valence-corrected chi connectivity index (χ4v) is 5.99. The van der Waals surface area contributed by atoms with Crippen molar-refractivity contribution in [1.82, 2.24) is 9.88 Å². The molecule has 0 bridgehead atoms. The van der Waals surface area contributed by atoms with Crippen LogP contribution < -0.4 is 9.64 Å². The van der Waals surface area contributed by atoms with Crippen molar-refractivity contribution in [3.8, 4) is 5.88 Å². The van der Waals surface area contributed by atoms with Gasteiger partial charge in [-0.3, -0.25) is 4.90 Å². The minimum atomic E-state index is 0.116. The molecule has 1 aromatic heterocycles. The summed E-state index contributed by atoms with van der Waals surface area (Å²) in [6, 6.07) is 26.8. The fraction of sp³-hybridized carbons (Fsp3) is 0.344. The van der Waals surface area contributed by atoms with Crippen LogP contribution in [-0.2, 0) is 12.8 Å². The van der Waals surface area contributed by atoms with Crippen LogP contribution in [-0.4, -0.2) is 54.4 Å². The Hall–Kier alpha value is -3.41. The van der Waals surface area contributed by atoms with Crippen molar-refractivity contribution in [1.29, 1.82) is 0 Å². The Morgan fingerprint density at radius 3 is 2.22 bits per heavy atom. The number of hydrogen-bond donors (Lipinski definition) is 1. The number of rotatable bonds is 6. The van der Waals surface area contributed by atoms with Gasteiger partial charge in [-0.2, -0.15) is 0 Å². The van der Waals surface area contributed by atoms with Gasteiger partial charge in [0.2, 0.25) is 5.88 Å². The monoisotopic (exact) mass is 493 g/mol. The molecule has 2 heterocycles. The highest BCUT2D eigenvalue weighted by molar-refractivity contribution is 5.86. The molecular weight excluding hydrogens is 458 g/mol. The van der Waals surface area contributed by atoms with Gasteiger partial charge >= 0.3 is 0 Å². The fourth-order valence-electron chi connectivity index (χ4n) is 5.99. The first-order chi connectivity index (χ1) is 18.2. The van der Waals surface area contributed by atoms with Crippen LogP contribution in [0.25, 0.3) is 10.9 Å². The molecule has 37 heavy (non-hydrogen) atoms. The lowest BCUT2D eigenvalue weighted by molar-refractivity contribution is 0.209. The van der Waals surface area contributed by atoms with Crippen LogP contribution in [0.1, 0.15) is 40.3 Å². The molecule has 6 rings (SSSR count). The number of ether oxygens (including phenoxy) is 1. The maximum absolute atomic E-state index is 9.27. The predicted octanol–water partition coefficient (Wildman–Crippen LogP) is 5.31. The number of aryl methyl sites for hydroxylation is 3. The van der Waals surface area contributed by atoms with E-state index in [1.807, 2.05) is 0 Å². The quantitative estimate of drug-likeness (QED) is 0.369. The number of fused-ring (bicyclic) bond motifs is 3. The zero-order chi connectivity index (χ0) is 25.2. The second-order valence-electron chi connectivity index (χ2n) is 10.2. The van der Waals surface area contributed by atoms with E-state index >= 15 is 0 Å². The zero-order valence-corrected chi connectivity index (χ0v) is 21.6. The summed E-state index contributed by atoms with van der Waals surface area (Å²) in [4.78, 5) is 10.0. The molecule has 0 amide bonds. The van der Waals surface area contributed by atoms with E-state index in [4.69, 9.17) is 9.72 Å².